The van der Waals surface area contributed by atoms with Crippen molar-refractivity contribution in [3.05, 3.63) is 83.9 Å². The predicted octanol–water partition coefficient (Wildman–Crippen LogP) is 3.86. The zero-order valence-electron chi connectivity index (χ0n) is 15.9. The molecule has 5 rings (SSSR count). The van der Waals surface area contributed by atoms with Crippen LogP contribution in [0.4, 0.5) is 10.1 Å². The molecule has 0 aliphatic carbocycles. The maximum Gasteiger partial charge on any atom is 0.218 e. The van der Waals surface area contributed by atoms with Crippen LogP contribution in [0.3, 0.4) is 0 Å². The molecule has 0 radical (unpaired) electrons. The summed E-state index contributed by atoms with van der Waals surface area (Å²) in [7, 11) is -3.38. The summed E-state index contributed by atoms with van der Waals surface area (Å²) in [6, 6.07) is 18.1. The average molecular weight is 412 g/mol. The van der Waals surface area contributed by atoms with Crippen LogP contribution in [0.15, 0.2) is 66.9 Å². The van der Waals surface area contributed by atoms with E-state index in [1.165, 1.54) is 12.1 Å². The molecule has 5 nitrogen and oxygen atoms in total. The van der Waals surface area contributed by atoms with E-state index in [0.29, 0.717) is 25.9 Å². The molecule has 2 aliphatic heterocycles. The molecule has 150 valence electrons. The van der Waals surface area contributed by atoms with Crippen molar-refractivity contribution in [3.8, 4) is 5.69 Å². The molecule has 1 N–H and O–H groups in total. The molecule has 1 fully saturated rings. The first-order valence-corrected chi connectivity index (χ1v) is 11.4. The lowest BCUT2D eigenvalue weighted by atomic mass is 9.83. The van der Waals surface area contributed by atoms with Crippen LogP contribution in [-0.4, -0.2) is 30.4 Å². The number of nitrogens with one attached hydrogen (secondary N) is 1. The van der Waals surface area contributed by atoms with Gasteiger partial charge in [0.1, 0.15) is 5.82 Å². The third kappa shape index (κ3) is 3.14. The lowest BCUT2D eigenvalue weighted by Crippen LogP contribution is -2.51. The van der Waals surface area contributed by atoms with E-state index < -0.39 is 15.6 Å². The molecule has 0 saturated carbocycles. The van der Waals surface area contributed by atoms with Gasteiger partial charge in [-0.25, -0.2) is 17.1 Å². The molecule has 3 heterocycles. The third-order valence-electron chi connectivity index (χ3n) is 5.99. The van der Waals surface area contributed by atoms with Gasteiger partial charge in [0.15, 0.2) is 0 Å². The maximum atomic E-state index is 13.8. The number of halogens is 1. The molecule has 1 saturated heterocycles. The van der Waals surface area contributed by atoms with Crippen molar-refractivity contribution in [1.29, 1.82) is 0 Å². The Morgan fingerprint density at radius 1 is 1.00 bits per heavy atom. The Balaban J connectivity index is 1.40. The number of hydrogen-bond donors (Lipinski definition) is 1. The van der Waals surface area contributed by atoms with Crippen molar-refractivity contribution < 1.29 is 12.8 Å². The van der Waals surface area contributed by atoms with Gasteiger partial charge in [-0.1, -0.05) is 30.3 Å². The summed E-state index contributed by atoms with van der Waals surface area (Å²) in [4.78, 5) is 0. The summed E-state index contributed by atoms with van der Waals surface area (Å²) < 4.78 is 43.3. The van der Waals surface area contributed by atoms with Crippen LogP contribution in [-0.2, 0) is 21.3 Å². The van der Waals surface area contributed by atoms with E-state index in [2.05, 4.69) is 16.0 Å². The van der Waals surface area contributed by atoms with Gasteiger partial charge in [0.2, 0.25) is 10.0 Å². The fourth-order valence-corrected chi connectivity index (χ4v) is 6.06. The lowest BCUT2D eigenvalue weighted by molar-refractivity contribution is 0.247. The number of benzene rings is 2. The Morgan fingerprint density at radius 3 is 2.52 bits per heavy atom. The molecule has 0 atom stereocenters. The Hall–Kier alpha value is -2.64. The number of aromatic nitrogens is 1. The van der Waals surface area contributed by atoms with Crippen molar-refractivity contribution >= 4 is 15.7 Å². The minimum atomic E-state index is -3.38. The maximum absolute atomic E-state index is 13.8. The molecule has 7 heteroatoms. The van der Waals surface area contributed by atoms with Crippen molar-refractivity contribution in [2.75, 3.05) is 18.4 Å². The summed E-state index contributed by atoms with van der Waals surface area (Å²) in [5.41, 5.74) is 3.15. The fourth-order valence-electron chi connectivity index (χ4n) is 4.52. The summed E-state index contributed by atoms with van der Waals surface area (Å²) in [6.45, 7) is 0.857. The SMILES string of the molecule is O=S(=O)(Cc1ccccc1)N1CCC2(CC1)Nc1cc(F)ccc1-n1cccc12. The zero-order valence-corrected chi connectivity index (χ0v) is 16.7. The van der Waals surface area contributed by atoms with Crippen molar-refractivity contribution in [2.45, 2.75) is 24.1 Å². The average Bonchev–Trinajstić information content (AvgIpc) is 3.20. The number of rotatable bonds is 3. The molecule has 0 bridgehead atoms. The van der Waals surface area contributed by atoms with Gasteiger partial charge in [-0.15, -0.1) is 0 Å². The highest BCUT2D eigenvalue weighted by Gasteiger charge is 2.43. The molecule has 2 aliphatic rings. The number of piperidine rings is 1. The van der Waals surface area contributed by atoms with Crippen LogP contribution in [0, 0.1) is 5.82 Å². The standard InChI is InChI=1S/C22H22FN3O2S/c23-18-8-9-20-19(15-18)24-22(21-7-4-12-26(20)21)10-13-25(14-11-22)29(27,28)16-17-5-2-1-3-6-17/h1-9,12,15,24H,10-11,13-14,16H2. The first-order chi connectivity index (χ1) is 14.0. The van der Waals surface area contributed by atoms with Gasteiger partial charge in [0.25, 0.3) is 0 Å². The molecule has 3 aromatic rings. The van der Waals surface area contributed by atoms with E-state index in [1.54, 1.807) is 10.4 Å². The Morgan fingerprint density at radius 2 is 1.76 bits per heavy atom. The van der Waals surface area contributed by atoms with Crippen LogP contribution < -0.4 is 5.32 Å². The van der Waals surface area contributed by atoms with Gasteiger partial charge in [0.05, 0.1) is 22.7 Å². The van der Waals surface area contributed by atoms with E-state index >= 15 is 0 Å². The highest BCUT2D eigenvalue weighted by molar-refractivity contribution is 7.88. The molecular formula is C22H22FN3O2S. The molecular weight excluding hydrogens is 389 g/mol. The molecule has 1 aromatic heterocycles. The molecule has 0 unspecified atom stereocenters. The second kappa shape index (κ2) is 6.71. The minimum Gasteiger partial charge on any atom is -0.372 e. The Bertz CT molecular complexity index is 1150. The van der Waals surface area contributed by atoms with E-state index in [9.17, 15) is 12.8 Å². The fraction of sp³-hybridized carbons (Fsp3) is 0.273. The van der Waals surface area contributed by atoms with E-state index in [4.69, 9.17) is 0 Å². The monoisotopic (exact) mass is 411 g/mol. The number of anilines is 1. The summed E-state index contributed by atoms with van der Waals surface area (Å²) >= 11 is 0. The van der Waals surface area contributed by atoms with E-state index in [1.807, 2.05) is 42.6 Å². The largest absolute Gasteiger partial charge is 0.372 e. The topological polar surface area (TPSA) is 54.3 Å². The van der Waals surface area contributed by atoms with Crippen molar-refractivity contribution in [1.82, 2.24) is 8.87 Å². The smallest absolute Gasteiger partial charge is 0.218 e. The van der Waals surface area contributed by atoms with Gasteiger partial charge in [-0.3, -0.25) is 0 Å². The molecule has 0 amide bonds. The highest BCUT2D eigenvalue weighted by Crippen LogP contribution is 2.44. The normalized spacial score (nSPS) is 18.1. The lowest BCUT2D eigenvalue weighted by Gasteiger charge is -2.45. The molecule has 29 heavy (non-hydrogen) atoms. The van der Waals surface area contributed by atoms with Crippen LogP contribution in [0.5, 0.6) is 0 Å². The minimum absolute atomic E-state index is 0.0126. The number of nitrogens with zero attached hydrogens (tertiary/aromatic N) is 2. The predicted molar refractivity (Wildman–Crippen MR) is 111 cm³/mol. The summed E-state index contributed by atoms with van der Waals surface area (Å²) in [5.74, 6) is -0.275. The first kappa shape index (κ1) is 18.4. The van der Waals surface area contributed by atoms with Crippen molar-refractivity contribution in [3.63, 3.8) is 0 Å². The van der Waals surface area contributed by atoms with Gasteiger partial charge in [-0.2, -0.15) is 0 Å². The van der Waals surface area contributed by atoms with Gasteiger partial charge < -0.3 is 9.88 Å². The van der Waals surface area contributed by atoms with Crippen LogP contribution in [0.1, 0.15) is 24.1 Å². The van der Waals surface area contributed by atoms with Gasteiger partial charge in [0, 0.05) is 25.0 Å². The summed E-state index contributed by atoms with van der Waals surface area (Å²) in [5, 5.41) is 3.53. The Kier molecular flexibility index (Phi) is 4.26. The van der Waals surface area contributed by atoms with E-state index in [0.717, 1.165) is 22.6 Å². The highest BCUT2D eigenvalue weighted by atomic mass is 32.2. The number of fused-ring (bicyclic) bond motifs is 4. The first-order valence-electron chi connectivity index (χ1n) is 9.75. The third-order valence-corrected chi connectivity index (χ3v) is 7.84. The molecule has 2 aromatic carbocycles. The van der Waals surface area contributed by atoms with E-state index in [-0.39, 0.29) is 11.6 Å². The Labute approximate surface area is 169 Å². The molecule has 1 spiro atoms. The van der Waals surface area contributed by atoms with Crippen LogP contribution in [0.2, 0.25) is 0 Å². The van der Waals surface area contributed by atoms with Crippen molar-refractivity contribution in [2.24, 2.45) is 0 Å². The van der Waals surface area contributed by atoms with Gasteiger partial charge >= 0.3 is 0 Å². The van der Waals surface area contributed by atoms with Crippen LogP contribution in [0.25, 0.3) is 5.69 Å². The van der Waals surface area contributed by atoms with Gasteiger partial charge in [-0.05, 0) is 48.7 Å². The van der Waals surface area contributed by atoms with Crippen LogP contribution >= 0.6 is 0 Å². The summed E-state index contributed by atoms with van der Waals surface area (Å²) in [6.07, 6.45) is 3.23. The number of sulfonamides is 1. The zero-order chi connectivity index (χ0) is 20.1. The quantitative estimate of drug-likeness (QED) is 0.712. The second-order valence-electron chi connectivity index (χ2n) is 7.77. The second-order valence-corrected chi connectivity index (χ2v) is 9.74. The number of hydrogen-bond acceptors (Lipinski definition) is 3.